The molecule has 0 bridgehead atoms. The van der Waals surface area contributed by atoms with Gasteiger partial charge >= 0.3 is 0 Å². The zero-order valence-electron chi connectivity index (χ0n) is 19.3. The maximum atomic E-state index is 13.7. The van der Waals surface area contributed by atoms with E-state index in [2.05, 4.69) is 37.6 Å². The van der Waals surface area contributed by atoms with E-state index in [0.717, 1.165) is 27.8 Å². The molecule has 3 N–H and O–H groups in total. The van der Waals surface area contributed by atoms with E-state index >= 15 is 0 Å². The molecular formula is C26H29N3O3S. The Kier molecular flexibility index (Phi) is 5.80. The van der Waals surface area contributed by atoms with E-state index in [4.69, 9.17) is 5.73 Å². The van der Waals surface area contributed by atoms with Crippen LogP contribution in [0.1, 0.15) is 40.3 Å². The van der Waals surface area contributed by atoms with Crippen molar-refractivity contribution in [3.05, 3.63) is 94.0 Å². The van der Waals surface area contributed by atoms with Gasteiger partial charge in [0.15, 0.2) is 0 Å². The highest BCUT2D eigenvalue weighted by Crippen LogP contribution is 2.41. The summed E-state index contributed by atoms with van der Waals surface area (Å²) >= 11 is 0. The summed E-state index contributed by atoms with van der Waals surface area (Å²) in [6.45, 7) is 9.07. The van der Waals surface area contributed by atoms with E-state index in [0.29, 0.717) is 18.8 Å². The molecule has 7 heteroatoms. The van der Waals surface area contributed by atoms with Crippen molar-refractivity contribution in [2.24, 2.45) is 0 Å². The van der Waals surface area contributed by atoms with Crippen LogP contribution in [0, 0.1) is 20.8 Å². The molecule has 33 heavy (non-hydrogen) atoms. The number of sulfonamides is 1. The summed E-state index contributed by atoms with van der Waals surface area (Å²) in [4.78, 5) is 15.7. The van der Waals surface area contributed by atoms with Gasteiger partial charge in [0.1, 0.15) is 5.54 Å². The number of fused-ring (bicyclic) bond motifs is 1. The Bertz CT molecular complexity index is 1330. The van der Waals surface area contributed by atoms with E-state index in [1.165, 1.54) is 17.7 Å². The summed E-state index contributed by atoms with van der Waals surface area (Å²) in [6, 6.07) is 17.9. The van der Waals surface area contributed by atoms with Gasteiger partial charge in [-0.2, -0.15) is 0 Å². The lowest BCUT2D eigenvalue weighted by Gasteiger charge is -2.35. The van der Waals surface area contributed by atoms with Crippen LogP contribution in [-0.2, 0) is 33.4 Å². The van der Waals surface area contributed by atoms with Crippen LogP contribution in [0.25, 0.3) is 0 Å². The Morgan fingerprint density at radius 1 is 1.03 bits per heavy atom. The van der Waals surface area contributed by atoms with Gasteiger partial charge in [0.25, 0.3) is 15.9 Å². The Balaban J connectivity index is 1.73. The molecule has 4 rings (SSSR count). The molecule has 3 aromatic carbocycles. The molecule has 1 heterocycles. The summed E-state index contributed by atoms with van der Waals surface area (Å²) in [7, 11) is -4.08. The van der Waals surface area contributed by atoms with Crippen molar-refractivity contribution in [1.82, 2.24) is 9.62 Å². The van der Waals surface area contributed by atoms with Gasteiger partial charge in [-0.05, 0) is 73.7 Å². The highest BCUT2D eigenvalue weighted by atomic mass is 32.2. The number of amides is 1. The van der Waals surface area contributed by atoms with Crippen molar-refractivity contribution in [1.29, 1.82) is 0 Å². The number of hydrogen-bond donors (Lipinski definition) is 2. The number of aryl methyl sites for hydroxylation is 3. The highest BCUT2D eigenvalue weighted by molar-refractivity contribution is 7.90. The molecule has 1 amide bonds. The first kappa shape index (κ1) is 23.0. The lowest BCUT2D eigenvalue weighted by Crippen LogP contribution is -2.52. The van der Waals surface area contributed by atoms with Crippen LogP contribution in [0.2, 0.25) is 0 Å². The van der Waals surface area contributed by atoms with Gasteiger partial charge in [0.2, 0.25) is 0 Å². The Hall–Kier alpha value is -3.16. The molecule has 6 nitrogen and oxygen atoms in total. The molecule has 172 valence electrons. The number of anilines is 1. The third-order valence-electron chi connectivity index (χ3n) is 6.56. The van der Waals surface area contributed by atoms with Gasteiger partial charge in [0.05, 0.1) is 4.90 Å². The fourth-order valence-electron chi connectivity index (χ4n) is 4.76. The molecule has 1 aliphatic heterocycles. The van der Waals surface area contributed by atoms with Crippen molar-refractivity contribution < 1.29 is 13.2 Å². The van der Waals surface area contributed by atoms with Crippen LogP contribution in [-0.4, -0.2) is 19.2 Å². The smallest absolute Gasteiger partial charge is 0.264 e. The summed E-state index contributed by atoms with van der Waals surface area (Å²) in [6.07, 6.45) is 0. The Morgan fingerprint density at radius 3 is 2.36 bits per heavy atom. The summed E-state index contributed by atoms with van der Waals surface area (Å²) in [5, 5.41) is 0. The molecule has 0 aliphatic carbocycles. The van der Waals surface area contributed by atoms with E-state index in [1.54, 1.807) is 19.1 Å². The summed E-state index contributed by atoms with van der Waals surface area (Å²) < 4.78 is 28.3. The van der Waals surface area contributed by atoms with Crippen molar-refractivity contribution in [2.45, 2.75) is 51.2 Å². The minimum Gasteiger partial charge on any atom is -0.399 e. The number of rotatable bonds is 5. The summed E-state index contributed by atoms with van der Waals surface area (Å²) in [5.41, 5.74) is 11.4. The third-order valence-corrected chi connectivity index (χ3v) is 7.89. The predicted molar refractivity (Wildman–Crippen MR) is 130 cm³/mol. The van der Waals surface area contributed by atoms with Crippen LogP contribution >= 0.6 is 0 Å². The van der Waals surface area contributed by atoms with Gasteiger partial charge < -0.3 is 5.73 Å². The molecule has 0 saturated heterocycles. The molecule has 1 aliphatic rings. The normalized spacial score (nSPS) is 18.2. The fraction of sp³-hybridized carbons (Fsp3) is 0.269. The lowest BCUT2D eigenvalue weighted by atomic mass is 9.90. The van der Waals surface area contributed by atoms with Crippen LogP contribution in [0.15, 0.2) is 65.6 Å². The number of carbonyl (C=O) groups is 1. The third kappa shape index (κ3) is 4.14. The second-order valence-electron chi connectivity index (χ2n) is 8.97. The Labute approximate surface area is 195 Å². The van der Waals surface area contributed by atoms with Crippen LogP contribution in [0.4, 0.5) is 5.69 Å². The number of nitrogens with zero attached hydrogens (tertiary/aromatic N) is 1. The number of nitrogens with one attached hydrogen (secondary N) is 1. The minimum absolute atomic E-state index is 0.0393. The zero-order valence-corrected chi connectivity index (χ0v) is 20.2. The first-order valence-electron chi connectivity index (χ1n) is 10.9. The van der Waals surface area contributed by atoms with Crippen LogP contribution in [0.3, 0.4) is 0 Å². The average molecular weight is 464 g/mol. The molecular weight excluding hydrogens is 434 g/mol. The lowest BCUT2D eigenvalue weighted by molar-refractivity contribution is -0.131. The highest BCUT2D eigenvalue weighted by Gasteiger charge is 2.48. The first-order chi connectivity index (χ1) is 15.5. The second-order valence-corrected chi connectivity index (χ2v) is 10.7. The maximum absolute atomic E-state index is 13.7. The van der Waals surface area contributed by atoms with Gasteiger partial charge in [-0.3, -0.25) is 9.69 Å². The molecule has 0 spiro atoms. The van der Waals surface area contributed by atoms with E-state index in [9.17, 15) is 13.2 Å². The largest absolute Gasteiger partial charge is 0.399 e. The van der Waals surface area contributed by atoms with E-state index in [-0.39, 0.29) is 4.90 Å². The molecule has 0 aromatic heterocycles. The standard InChI is InChI=1S/C26H29N3O3S/c1-17-12-18(2)23(19(3)13-17)16-29-15-20-8-5-6-11-24(20)26(29,4)25(30)28-33(31,32)22-10-7-9-21(27)14-22/h5-14H,15-16,27H2,1-4H3,(H,28,30). The van der Waals surface area contributed by atoms with Crippen molar-refractivity contribution >= 4 is 21.6 Å². The van der Waals surface area contributed by atoms with E-state index in [1.807, 2.05) is 29.2 Å². The van der Waals surface area contributed by atoms with Crippen LogP contribution in [0.5, 0.6) is 0 Å². The Morgan fingerprint density at radius 2 is 1.70 bits per heavy atom. The molecule has 0 fully saturated rings. The quantitative estimate of drug-likeness (QED) is 0.560. The summed E-state index contributed by atoms with van der Waals surface area (Å²) in [5.74, 6) is -0.586. The van der Waals surface area contributed by atoms with Crippen molar-refractivity contribution in [2.75, 3.05) is 5.73 Å². The number of hydrogen-bond acceptors (Lipinski definition) is 5. The first-order valence-corrected chi connectivity index (χ1v) is 12.3. The number of nitrogen functional groups attached to an aromatic ring is 1. The number of carbonyl (C=O) groups excluding carboxylic acids is 1. The van der Waals surface area contributed by atoms with E-state index < -0.39 is 21.5 Å². The van der Waals surface area contributed by atoms with Crippen molar-refractivity contribution in [3.63, 3.8) is 0 Å². The number of benzene rings is 3. The molecule has 1 unspecified atom stereocenters. The molecule has 1 atom stereocenters. The van der Waals surface area contributed by atoms with Gasteiger partial charge in [-0.25, -0.2) is 13.1 Å². The average Bonchev–Trinajstić information content (AvgIpc) is 3.03. The molecule has 0 saturated carbocycles. The van der Waals surface area contributed by atoms with Crippen LogP contribution < -0.4 is 10.5 Å². The second kappa shape index (κ2) is 8.32. The minimum atomic E-state index is -4.08. The number of nitrogens with two attached hydrogens (primary N) is 1. The topological polar surface area (TPSA) is 92.5 Å². The monoisotopic (exact) mass is 463 g/mol. The maximum Gasteiger partial charge on any atom is 0.264 e. The zero-order chi connectivity index (χ0) is 24.0. The fourth-order valence-corrected chi connectivity index (χ4v) is 5.87. The predicted octanol–water partition coefficient (Wildman–Crippen LogP) is 3.93. The van der Waals surface area contributed by atoms with Gasteiger partial charge in [-0.1, -0.05) is 48.0 Å². The SMILES string of the molecule is Cc1cc(C)c(CN2Cc3ccccc3C2(C)C(=O)NS(=O)(=O)c2cccc(N)c2)c(C)c1. The molecule has 3 aromatic rings. The van der Waals surface area contributed by atoms with Gasteiger partial charge in [-0.15, -0.1) is 0 Å². The van der Waals surface area contributed by atoms with Gasteiger partial charge in [0, 0.05) is 18.8 Å². The van der Waals surface area contributed by atoms with Crippen molar-refractivity contribution in [3.8, 4) is 0 Å². The molecule has 0 radical (unpaired) electrons.